The van der Waals surface area contributed by atoms with E-state index in [0.29, 0.717) is 17.1 Å². The first kappa shape index (κ1) is 14.5. The smallest absolute Gasteiger partial charge is 0.240 e. The van der Waals surface area contributed by atoms with Gasteiger partial charge in [0.05, 0.1) is 31.5 Å². The summed E-state index contributed by atoms with van der Waals surface area (Å²) < 4.78 is 23.6. The Labute approximate surface area is 120 Å². The maximum Gasteiger partial charge on any atom is 0.240 e. The van der Waals surface area contributed by atoms with Gasteiger partial charge in [-0.1, -0.05) is 17.7 Å². The zero-order chi connectivity index (χ0) is 14.7. The van der Waals surface area contributed by atoms with E-state index in [1.165, 1.54) is 32.5 Å². The standard InChI is InChI=1S/C13H13ClFN3O2/c1-19-10-6-17-12(13(18-10)20-2)11(16)7-3-4-8(14)9(15)5-7/h3-6,11H,16H2,1-2H3. The molecule has 1 aromatic heterocycles. The molecule has 2 N–H and O–H groups in total. The first-order valence-electron chi connectivity index (χ1n) is 5.72. The Bertz CT molecular complexity index is 625. The van der Waals surface area contributed by atoms with E-state index in [1.54, 1.807) is 6.07 Å². The Morgan fingerprint density at radius 2 is 2.05 bits per heavy atom. The molecule has 5 nitrogen and oxygen atoms in total. The maximum atomic E-state index is 13.5. The number of hydrogen-bond acceptors (Lipinski definition) is 5. The van der Waals surface area contributed by atoms with E-state index in [0.717, 1.165) is 0 Å². The lowest BCUT2D eigenvalue weighted by molar-refractivity contribution is 0.355. The molecule has 0 fully saturated rings. The Hall–Kier alpha value is -1.92. The van der Waals surface area contributed by atoms with Crippen molar-refractivity contribution < 1.29 is 13.9 Å². The number of ether oxygens (including phenoxy) is 2. The average molecular weight is 298 g/mol. The van der Waals surface area contributed by atoms with Crippen molar-refractivity contribution in [1.82, 2.24) is 9.97 Å². The normalized spacial score (nSPS) is 12.1. The highest BCUT2D eigenvalue weighted by atomic mass is 35.5. The van der Waals surface area contributed by atoms with E-state index < -0.39 is 11.9 Å². The van der Waals surface area contributed by atoms with Crippen molar-refractivity contribution in [1.29, 1.82) is 0 Å². The number of halogens is 2. The number of methoxy groups -OCH3 is 2. The molecule has 0 bridgehead atoms. The molecular formula is C13H13ClFN3O2. The molecular weight excluding hydrogens is 285 g/mol. The molecule has 0 aliphatic carbocycles. The van der Waals surface area contributed by atoms with Crippen LogP contribution in [0, 0.1) is 5.82 Å². The summed E-state index contributed by atoms with van der Waals surface area (Å²) in [5.74, 6) is -0.00708. The summed E-state index contributed by atoms with van der Waals surface area (Å²) in [6.07, 6.45) is 1.42. The van der Waals surface area contributed by atoms with E-state index in [1.807, 2.05) is 0 Å². The van der Waals surface area contributed by atoms with Crippen LogP contribution in [-0.2, 0) is 0 Å². The number of hydrogen-bond donors (Lipinski definition) is 1. The third kappa shape index (κ3) is 2.81. The van der Waals surface area contributed by atoms with Crippen molar-refractivity contribution in [2.45, 2.75) is 6.04 Å². The lowest BCUT2D eigenvalue weighted by atomic mass is 10.0. The Morgan fingerprint density at radius 3 is 2.65 bits per heavy atom. The van der Waals surface area contributed by atoms with Gasteiger partial charge in [-0.15, -0.1) is 0 Å². The molecule has 0 amide bonds. The van der Waals surface area contributed by atoms with Crippen LogP contribution in [0.1, 0.15) is 17.3 Å². The van der Waals surface area contributed by atoms with Gasteiger partial charge in [-0.05, 0) is 17.7 Å². The fourth-order valence-corrected chi connectivity index (χ4v) is 1.81. The Kier molecular flexibility index (Phi) is 4.36. The predicted molar refractivity (Wildman–Crippen MR) is 72.6 cm³/mol. The molecule has 2 aromatic rings. The Morgan fingerprint density at radius 1 is 1.30 bits per heavy atom. The number of rotatable bonds is 4. The Balaban J connectivity index is 2.41. The molecule has 0 radical (unpaired) electrons. The molecule has 0 saturated heterocycles. The van der Waals surface area contributed by atoms with Gasteiger partial charge in [0, 0.05) is 0 Å². The molecule has 1 unspecified atom stereocenters. The third-order valence-corrected chi connectivity index (χ3v) is 3.05. The summed E-state index contributed by atoms with van der Waals surface area (Å²) in [5.41, 5.74) is 6.97. The molecule has 0 aliphatic heterocycles. The van der Waals surface area contributed by atoms with Gasteiger partial charge < -0.3 is 15.2 Å². The first-order chi connectivity index (χ1) is 9.56. The lowest BCUT2D eigenvalue weighted by Gasteiger charge is -2.15. The van der Waals surface area contributed by atoms with Crippen molar-refractivity contribution >= 4 is 11.6 Å². The lowest BCUT2D eigenvalue weighted by Crippen LogP contribution is -2.16. The van der Waals surface area contributed by atoms with E-state index in [9.17, 15) is 4.39 Å². The fraction of sp³-hybridized carbons (Fsp3) is 0.231. The van der Waals surface area contributed by atoms with Crippen molar-refractivity contribution in [2.24, 2.45) is 5.73 Å². The highest BCUT2D eigenvalue weighted by Gasteiger charge is 2.19. The second-order valence-corrected chi connectivity index (χ2v) is 4.37. The number of benzene rings is 1. The summed E-state index contributed by atoms with van der Waals surface area (Å²) in [7, 11) is 2.92. The van der Waals surface area contributed by atoms with Crippen LogP contribution in [0.5, 0.6) is 11.8 Å². The van der Waals surface area contributed by atoms with E-state index in [4.69, 9.17) is 26.8 Å². The molecule has 1 aromatic carbocycles. The quantitative estimate of drug-likeness (QED) is 0.938. The fourth-order valence-electron chi connectivity index (χ4n) is 1.69. The van der Waals surface area contributed by atoms with Crippen LogP contribution in [0.15, 0.2) is 24.4 Å². The van der Waals surface area contributed by atoms with Crippen LogP contribution < -0.4 is 15.2 Å². The van der Waals surface area contributed by atoms with E-state index >= 15 is 0 Å². The SMILES string of the molecule is COc1cnc(C(N)c2ccc(Cl)c(F)c2)c(OC)n1. The molecule has 0 spiro atoms. The van der Waals surface area contributed by atoms with Crippen LogP contribution in [0.4, 0.5) is 4.39 Å². The summed E-state index contributed by atoms with van der Waals surface area (Å²) >= 11 is 5.64. The monoisotopic (exact) mass is 297 g/mol. The average Bonchev–Trinajstić information content (AvgIpc) is 2.48. The zero-order valence-corrected chi connectivity index (χ0v) is 11.7. The minimum Gasteiger partial charge on any atom is -0.480 e. The summed E-state index contributed by atoms with van der Waals surface area (Å²) in [4.78, 5) is 8.25. The first-order valence-corrected chi connectivity index (χ1v) is 6.10. The maximum absolute atomic E-state index is 13.5. The highest BCUT2D eigenvalue weighted by Crippen LogP contribution is 2.28. The molecule has 0 saturated carbocycles. The second kappa shape index (κ2) is 6.02. The second-order valence-electron chi connectivity index (χ2n) is 3.96. The van der Waals surface area contributed by atoms with Crippen LogP contribution >= 0.6 is 11.6 Å². The molecule has 1 atom stereocenters. The number of aromatic nitrogens is 2. The van der Waals surface area contributed by atoms with Crippen molar-refractivity contribution in [3.63, 3.8) is 0 Å². The van der Waals surface area contributed by atoms with E-state index in [-0.39, 0.29) is 10.9 Å². The largest absolute Gasteiger partial charge is 0.480 e. The van der Waals surface area contributed by atoms with Crippen molar-refractivity contribution in [2.75, 3.05) is 14.2 Å². The van der Waals surface area contributed by atoms with Crippen LogP contribution in [0.3, 0.4) is 0 Å². The summed E-state index contributed by atoms with van der Waals surface area (Å²) in [6.45, 7) is 0. The van der Waals surface area contributed by atoms with Gasteiger partial charge in [0.1, 0.15) is 11.5 Å². The molecule has 2 rings (SSSR count). The van der Waals surface area contributed by atoms with Crippen LogP contribution in [0.25, 0.3) is 0 Å². The zero-order valence-electron chi connectivity index (χ0n) is 10.9. The number of nitrogens with two attached hydrogens (primary N) is 1. The van der Waals surface area contributed by atoms with Gasteiger partial charge in [-0.2, -0.15) is 4.98 Å². The minimum atomic E-state index is -0.685. The molecule has 106 valence electrons. The van der Waals surface area contributed by atoms with Gasteiger partial charge in [-0.25, -0.2) is 9.37 Å². The van der Waals surface area contributed by atoms with Gasteiger partial charge >= 0.3 is 0 Å². The van der Waals surface area contributed by atoms with Crippen LogP contribution in [-0.4, -0.2) is 24.2 Å². The molecule has 20 heavy (non-hydrogen) atoms. The predicted octanol–water partition coefficient (Wildman–Crippen LogP) is 2.33. The third-order valence-electron chi connectivity index (χ3n) is 2.74. The van der Waals surface area contributed by atoms with Gasteiger partial charge in [0.15, 0.2) is 0 Å². The highest BCUT2D eigenvalue weighted by molar-refractivity contribution is 6.30. The number of nitrogens with zero attached hydrogens (tertiary/aromatic N) is 2. The summed E-state index contributed by atoms with van der Waals surface area (Å²) in [6, 6.07) is 3.64. The van der Waals surface area contributed by atoms with Gasteiger partial charge in [-0.3, -0.25) is 0 Å². The van der Waals surface area contributed by atoms with Crippen molar-refractivity contribution in [3.05, 3.63) is 46.5 Å². The van der Waals surface area contributed by atoms with Crippen molar-refractivity contribution in [3.8, 4) is 11.8 Å². The molecule has 7 heteroatoms. The van der Waals surface area contributed by atoms with Gasteiger partial charge in [0.25, 0.3) is 0 Å². The minimum absolute atomic E-state index is 0.0359. The molecule has 0 aliphatic rings. The van der Waals surface area contributed by atoms with Crippen LogP contribution in [0.2, 0.25) is 5.02 Å². The topological polar surface area (TPSA) is 70.3 Å². The molecule has 1 heterocycles. The van der Waals surface area contributed by atoms with Gasteiger partial charge in [0.2, 0.25) is 11.8 Å². The van der Waals surface area contributed by atoms with E-state index in [2.05, 4.69) is 9.97 Å². The summed E-state index contributed by atoms with van der Waals surface area (Å²) in [5, 5.41) is 0.0359.